The summed E-state index contributed by atoms with van der Waals surface area (Å²) in [5, 5.41) is 12.8. The zero-order valence-corrected chi connectivity index (χ0v) is 9.35. The second-order valence-electron chi connectivity index (χ2n) is 4.11. The SMILES string of the molecule is CC(C)CC(O)CNCc1ccncn1. The molecule has 0 fully saturated rings. The van der Waals surface area contributed by atoms with Crippen LogP contribution in [0.1, 0.15) is 26.0 Å². The molecule has 0 radical (unpaired) electrons. The van der Waals surface area contributed by atoms with Crippen LogP contribution < -0.4 is 5.32 Å². The van der Waals surface area contributed by atoms with E-state index in [2.05, 4.69) is 29.1 Å². The van der Waals surface area contributed by atoms with Gasteiger partial charge in [0, 0.05) is 19.3 Å². The molecule has 0 saturated carbocycles. The van der Waals surface area contributed by atoms with E-state index >= 15 is 0 Å². The summed E-state index contributed by atoms with van der Waals surface area (Å²) in [5.74, 6) is 0.529. The summed E-state index contributed by atoms with van der Waals surface area (Å²) in [5.41, 5.74) is 0.946. The number of hydrogen-bond donors (Lipinski definition) is 2. The van der Waals surface area contributed by atoms with Gasteiger partial charge in [0.2, 0.25) is 0 Å². The van der Waals surface area contributed by atoms with E-state index in [1.54, 1.807) is 6.20 Å². The number of hydrogen-bond acceptors (Lipinski definition) is 4. The summed E-state index contributed by atoms with van der Waals surface area (Å²) in [6.07, 6.45) is 3.80. The molecule has 0 saturated heterocycles. The van der Waals surface area contributed by atoms with Gasteiger partial charge in [-0.3, -0.25) is 0 Å². The van der Waals surface area contributed by atoms with Crippen LogP contribution in [0.3, 0.4) is 0 Å². The number of nitrogens with one attached hydrogen (secondary N) is 1. The summed E-state index contributed by atoms with van der Waals surface area (Å²) in [4.78, 5) is 7.92. The van der Waals surface area contributed by atoms with Crippen molar-refractivity contribution in [3.05, 3.63) is 24.3 Å². The summed E-state index contributed by atoms with van der Waals surface area (Å²) in [7, 11) is 0. The molecule has 0 aliphatic carbocycles. The van der Waals surface area contributed by atoms with Crippen LogP contribution >= 0.6 is 0 Å². The molecule has 1 unspecified atom stereocenters. The van der Waals surface area contributed by atoms with Gasteiger partial charge in [0.25, 0.3) is 0 Å². The van der Waals surface area contributed by atoms with Crippen molar-refractivity contribution >= 4 is 0 Å². The number of rotatable bonds is 6. The van der Waals surface area contributed by atoms with E-state index in [1.165, 1.54) is 6.33 Å². The van der Waals surface area contributed by atoms with Crippen LogP contribution in [0.4, 0.5) is 0 Å². The van der Waals surface area contributed by atoms with Crippen molar-refractivity contribution in [2.75, 3.05) is 6.54 Å². The Morgan fingerprint density at radius 3 is 2.87 bits per heavy atom. The molecule has 0 aromatic carbocycles. The highest BCUT2D eigenvalue weighted by molar-refractivity contribution is 4.96. The molecule has 0 amide bonds. The molecule has 1 aromatic heterocycles. The number of nitrogens with zero attached hydrogens (tertiary/aromatic N) is 2. The average Bonchev–Trinajstić information content (AvgIpc) is 2.18. The predicted octanol–water partition coefficient (Wildman–Crippen LogP) is 0.973. The Bertz CT molecular complexity index is 264. The van der Waals surface area contributed by atoms with Crippen LogP contribution in [0.25, 0.3) is 0 Å². The van der Waals surface area contributed by atoms with Gasteiger partial charge in [-0.05, 0) is 18.4 Å². The fourth-order valence-electron chi connectivity index (χ4n) is 1.42. The topological polar surface area (TPSA) is 58.0 Å². The maximum absolute atomic E-state index is 9.60. The molecule has 0 aliphatic rings. The standard InChI is InChI=1S/C11H19N3O/c1-9(2)5-11(15)7-13-6-10-3-4-12-8-14-10/h3-4,8-9,11,13,15H,5-7H2,1-2H3. The van der Waals surface area contributed by atoms with Gasteiger partial charge in [-0.15, -0.1) is 0 Å². The lowest BCUT2D eigenvalue weighted by atomic mass is 10.1. The van der Waals surface area contributed by atoms with Crippen molar-refractivity contribution in [3.8, 4) is 0 Å². The molecule has 0 aliphatic heterocycles. The molecule has 15 heavy (non-hydrogen) atoms. The fourth-order valence-corrected chi connectivity index (χ4v) is 1.42. The molecule has 2 N–H and O–H groups in total. The van der Waals surface area contributed by atoms with Gasteiger partial charge in [0.1, 0.15) is 6.33 Å². The monoisotopic (exact) mass is 209 g/mol. The Morgan fingerprint density at radius 2 is 2.27 bits per heavy atom. The fraction of sp³-hybridized carbons (Fsp3) is 0.636. The average molecular weight is 209 g/mol. The molecule has 84 valence electrons. The van der Waals surface area contributed by atoms with Gasteiger partial charge in [0.15, 0.2) is 0 Å². The van der Waals surface area contributed by atoms with Crippen molar-refractivity contribution in [1.82, 2.24) is 15.3 Å². The molecule has 1 rings (SSSR count). The summed E-state index contributed by atoms with van der Waals surface area (Å²) < 4.78 is 0. The zero-order valence-electron chi connectivity index (χ0n) is 9.35. The smallest absolute Gasteiger partial charge is 0.115 e. The minimum absolute atomic E-state index is 0.271. The second kappa shape index (κ2) is 6.48. The lowest BCUT2D eigenvalue weighted by Crippen LogP contribution is -2.27. The first-order valence-electron chi connectivity index (χ1n) is 5.32. The molecule has 1 aromatic rings. The third kappa shape index (κ3) is 5.44. The summed E-state index contributed by atoms with van der Waals surface area (Å²) in [6.45, 7) is 5.50. The molecule has 4 nitrogen and oxygen atoms in total. The van der Waals surface area contributed by atoms with Gasteiger partial charge >= 0.3 is 0 Å². The highest BCUT2D eigenvalue weighted by Crippen LogP contribution is 2.03. The van der Waals surface area contributed by atoms with Crippen LogP contribution in [-0.4, -0.2) is 27.7 Å². The number of aliphatic hydroxyl groups is 1. The van der Waals surface area contributed by atoms with Crippen molar-refractivity contribution in [2.24, 2.45) is 5.92 Å². The Hall–Kier alpha value is -1.00. The van der Waals surface area contributed by atoms with Crippen molar-refractivity contribution in [2.45, 2.75) is 32.9 Å². The van der Waals surface area contributed by atoms with Crippen LogP contribution in [0.5, 0.6) is 0 Å². The van der Waals surface area contributed by atoms with Crippen molar-refractivity contribution in [3.63, 3.8) is 0 Å². The van der Waals surface area contributed by atoms with Crippen LogP contribution in [0.15, 0.2) is 18.6 Å². The van der Waals surface area contributed by atoms with Crippen LogP contribution in [-0.2, 0) is 6.54 Å². The van der Waals surface area contributed by atoms with Crippen LogP contribution in [0.2, 0.25) is 0 Å². The van der Waals surface area contributed by atoms with Crippen molar-refractivity contribution < 1.29 is 5.11 Å². The van der Waals surface area contributed by atoms with E-state index in [4.69, 9.17) is 0 Å². The number of aromatic nitrogens is 2. The minimum atomic E-state index is -0.271. The summed E-state index contributed by atoms with van der Waals surface area (Å²) >= 11 is 0. The van der Waals surface area contributed by atoms with Gasteiger partial charge < -0.3 is 10.4 Å². The largest absolute Gasteiger partial charge is 0.392 e. The zero-order chi connectivity index (χ0) is 11.1. The quantitative estimate of drug-likeness (QED) is 0.733. The first kappa shape index (κ1) is 12.1. The normalized spacial score (nSPS) is 13.1. The highest BCUT2D eigenvalue weighted by atomic mass is 16.3. The molecular formula is C11H19N3O. The van der Waals surface area contributed by atoms with E-state index in [9.17, 15) is 5.11 Å². The maximum atomic E-state index is 9.60. The molecule has 0 spiro atoms. The van der Waals surface area contributed by atoms with E-state index in [1.807, 2.05) is 6.07 Å². The Kier molecular flexibility index (Phi) is 5.21. The molecule has 0 bridgehead atoms. The molecule has 1 atom stereocenters. The highest BCUT2D eigenvalue weighted by Gasteiger charge is 2.05. The third-order valence-corrected chi connectivity index (χ3v) is 2.07. The minimum Gasteiger partial charge on any atom is -0.392 e. The van der Waals surface area contributed by atoms with E-state index in [0.29, 0.717) is 19.0 Å². The van der Waals surface area contributed by atoms with E-state index in [-0.39, 0.29) is 6.10 Å². The van der Waals surface area contributed by atoms with Crippen LogP contribution in [0, 0.1) is 5.92 Å². The molecular weight excluding hydrogens is 190 g/mol. The second-order valence-corrected chi connectivity index (χ2v) is 4.11. The lowest BCUT2D eigenvalue weighted by Gasteiger charge is -2.13. The predicted molar refractivity (Wildman–Crippen MR) is 59.2 cm³/mol. The van der Waals surface area contributed by atoms with Gasteiger partial charge in [-0.1, -0.05) is 13.8 Å². The van der Waals surface area contributed by atoms with Gasteiger partial charge in [0.05, 0.1) is 11.8 Å². The van der Waals surface area contributed by atoms with Crippen molar-refractivity contribution in [1.29, 1.82) is 0 Å². The third-order valence-electron chi connectivity index (χ3n) is 2.07. The lowest BCUT2D eigenvalue weighted by molar-refractivity contribution is 0.146. The van der Waals surface area contributed by atoms with E-state index in [0.717, 1.165) is 12.1 Å². The first-order valence-corrected chi connectivity index (χ1v) is 5.32. The van der Waals surface area contributed by atoms with E-state index < -0.39 is 0 Å². The van der Waals surface area contributed by atoms with Gasteiger partial charge in [-0.25, -0.2) is 9.97 Å². The molecule has 4 heteroatoms. The summed E-state index contributed by atoms with van der Waals surface area (Å²) in [6, 6.07) is 1.86. The molecule has 1 heterocycles. The Labute approximate surface area is 90.8 Å². The Morgan fingerprint density at radius 1 is 1.47 bits per heavy atom. The first-order chi connectivity index (χ1) is 7.18. The number of aliphatic hydroxyl groups excluding tert-OH is 1. The maximum Gasteiger partial charge on any atom is 0.115 e. The van der Waals surface area contributed by atoms with Gasteiger partial charge in [-0.2, -0.15) is 0 Å². The Balaban J connectivity index is 2.16.